The molecule has 1 aromatic heterocycles. The largest absolute Gasteiger partial charge is 0.477 e. The maximum absolute atomic E-state index is 15.2. The molecule has 0 saturated carbocycles. The molecule has 0 radical (unpaired) electrons. The second kappa shape index (κ2) is 7.24. The first-order valence-electron chi connectivity index (χ1n) is 9.75. The Hall–Kier alpha value is -3.11. The first kappa shape index (κ1) is 21.1. The lowest BCUT2D eigenvalue weighted by atomic mass is 9.93. The zero-order chi connectivity index (χ0) is 22.7. The highest BCUT2D eigenvalue weighted by atomic mass is 19.4. The maximum Gasteiger partial charge on any atom is 0.471 e. The van der Waals surface area contributed by atoms with Crippen LogP contribution < -0.4 is 10.3 Å². The zero-order valence-corrected chi connectivity index (χ0v) is 16.5. The quantitative estimate of drug-likeness (QED) is 0.725. The van der Waals surface area contributed by atoms with Gasteiger partial charge < -0.3 is 19.5 Å². The molecule has 1 N–H and O–H groups in total. The van der Waals surface area contributed by atoms with E-state index < -0.39 is 34.9 Å². The second-order valence-corrected chi connectivity index (χ2v) is 7.83. The summed E-state index contributed by atoms with van der Waals surface area (Å²) in [5.41, 5.74) is -0.0646. The molecule has 0 spiro atoms. The van der Waals surface area contributed by atoms with Gasteiger partial charge in [0.15, 0.2) is 0 Å². The molecule has 1 unspecified atom stereocenters. The first-order chi connectivity index (χ1) is 14.5. The Labute approximate surface area is 173 Å². The van der Waals surface area contributed by atoms with Crippen molar-refractivity contribution < 1.29 is 32.3 Å². The molecule has 1 aromatic carbocycles. The second-order valence-electron chi connectivity index (χ2n) is 7.83. The minimum atomic E-state index is -4.96. The van der Waals surface area contributed by atoms with E-state index in [1.54, 1.807) is 9.47 Å². The molecular weight excluding hydrogens is 422 g/mol. The van der Waals surface area contributed by atoms with Gasteiger partial charge in [-0.05, 0) is 25.8 Å². The van der Waals surface area contributed by atoms with Gasteiger partial charge >= 0.3 is 18.1 Å². The number of benzene rings is 1. The summed E-state index contributed by atoms with van der Waals surface area (Å²) in [5.74, 6) is -4.06. The number of aromatic nitrogens is 1. The number of piperazine rings is 1. The minimum absolute atomic E-state index is 0.00421. The van der Waals surface area contributed by atoms with Crippen LogP contribution in [-0.4, -0.2) is 58.8 Å². The lowest BCUT2D eigenvalue weighted by Crippen LogP contribution is -2.52. The molecular formula is C20H19F4N3O4. The third-order valence-corrected chi connectivity index (χ3v) is 5.98. The first-order valence-corrected chi connectivity index (χ1v) is 9.75. The summed E-state index contributed by atoms with van der Waals surface area (Å²) in [6.07, 6.45) is -2.69. The fourth-order valence-corrected chi connectivity index (χ4v) is 4.44. The number of carbonyl (C=O) groups is 2. The molecule has 1 amide bonds. The molecule has 4 rings (SSSR count). The number of halogens is 4. The van der Waals surface area contributed by atoms with E-state index in [9.17, 15) is 32.7 Å². The molecule has 2 aliphatic heterocycles. The van der Waals surface area contributed by atoms with E-state index in [0.717, 1.165) is 6.07 Å². The van der Waals surface area contributed by atoms with Crippen LogP contribution in [0.25, 0.3) is 10.9 Å². The van der Waals surface area contributed by atoms with Crippen molar-refractivity contribution in [2.45, 2.75) is 32.0 Å². The summed E-state index contributed by atoms with van der Waals surface area (Å²) in [7, 11) is 0. The summed E-state index contributed by atoms with van der Waals surface area (Å²) in [6.45, 7) is 1.45. The molecule has 2 aliphatic rings. The van der Waals surface area contributed by atoms with Crippen LogP contribution in [0.1, 0.15) is 35.3 Å². The number of aromatic carboxylic acids is 1. The number of rotatable bonds is 2. The predicted octanol–water partition coefficient (Wildman–Crippen LogP) is 2.56. The van der Waals surface area contributed by atoms with E-state index in [4.69, 9.17) is 0 Å². The van der Waals surface area contributed by atoms with Gasteiger partial charge in [0.2, 0.25) is 5.43 Å². The number of nitrogens with zero attached hydrogens (tertiary/aromatic N) is 3. The number of carboxylic acid groups (broad SMARTS) is 1. The fraction of sp³-hybridized carbons (Fsp3) is 0.450. The monoisotopic (exact) mass is 441 g/mol. The summed E-state index contributed by atoms with van der Waals surface area (Å²) < 4.78 is 54.9. The minimum Gasteiger partial charge on any atom is -0.477 e. The average molecular weight is 441 g/mol. The Morgan fingerprint density at radius 1 is 1.16 bits per heavy atom. The topological polar surface area (TPSA) is 82.8 Å². The van der Waals surface area contributed by atoms with E-state index >= 15 is 4.39 Å². The van der Waals surface area contributed by atoms with Crippen LogP contribution in [0.3, 0.4) is 0 Å². The number of amides is 1. The van der Waals surface area contributed by atoms with Crippen molar-refractivity contribution in [3.63, 3.8) is 0 Å². The highest BCUT2D eigenvalue weighted by Crippen LogP contribution is 2.38. The van der Waals surface area contributed by atoms with Crippen molar-refractivity contribution in [3.05, 3.63) is 39.4 Å². The van der Waals surface area contributed by atoms with Gasteiger partial charge in [-0.25, -0.2) is 9.18 Å². The third kappa shape index (κ3) is 3.41. The predicted molar refractivity (Wildman–Crippen MR) is 103 cm³/mol. The molecule has 0 aliphatic carbocycles. The van der Waals surface area contributed by atoms with Gasteiger partial charge in [0, 0.05) is 49.4 Å². The van der Waals surface area contributed by atoms with Crippen molar-refractivity contribution in [1.82, 2.24) is 9.47 Å². The van der Waals surface area contributed by atoms with Gasteiger partial charge in [0.1, 0.15) is 11.4 Å². The molecule has 1 atom stereocenters. The van der Waals surface area contributed by atoms with Crippen molar-refractivity contribution in [1.29, 1.82) is 0 Å². The van der Waals surface area contributed by atoms with Gasteiger partial charge in [-0.15, -0.1) is 0 Å². The van der Waals surface area contributed by atoms with Crippen LogP contribution in [0.5, 0.6) is 0 Å². The number of anilines is 1. The van der Waals surface area contributed by atoms with Crippen LogP contribution in [0, 0.1) is 5.82 Å². The number of carboxylic acids is 1. The Kier molecular flexibility index (Phi) is 4.94. The molecule has 11 heteroatoms. The van der Waals surface area contributed by atoms with Gasteiger partial charge in [-0.2, -0.15) is 13.2 Å². The number of alkyl halides is 3. The number of hydrogen-bond donors (Lipinski definition) is 1. The Balaban J connectivity index is 1.79. The van der Waals surface area contributed by atoms with E-state index in [1.807, 2.05) is 6.92 Å². The Morgan fingerprint density at radius 2 is 1.81 bits per heavy atom. The van der Waals surface area contributed by atoms with Crippen LogP contribution >= 0.6 is 0 Å². The van der Waals surface area contributed by atoms with Gasteiger partial charge in [0.05, 0.1) is 11.2 Å². The zero-order valence-electron chi connectivity index (χ0n) is 16.5. The molecule has 1 saturated heterocycles. The van der Waals surface area contributed by atoms with Crippen LogP contribution in [0.4, 0.5) is 23.2 Å². The number of carbonyl (C=O) groups excluding carboxylic acids is 1. The molecule has 7 nitrogen and oxygen atoms in total. The number of hydrogen-bond acceptors (Lipinski definition) is 4. The molecule has 1 fully saturated rings. The van der Waals surface area contributed by atoms with Gasteiger partial charge in [-0.3, -0.25) is 9.59 Å². The van der Waals surface area contributed by atoms with E-state index in [1.165, 1.54) is 6.20 Å². The van der Waals surface area contributed by atoms with Crippen LogP contribution in [0.15, 0.2) is 17.1 Å². The summed E-state index contributed by atoms with van der Waals surface area (Å²) in [5, 5.41) is 9.31. The molecule has 2 aromatic rings. The van der Waals surface area contributed by atoms with E-state index in [2.05, 4.69) is 0 Å². The van der Waals surface area contributed by atoms with E-state index in [0.29, 0.717) is 28.8 Å². The molecule has 166 valence electrons. The standard InChI is InChI=1S/C20H19F4N3O4/c1-10-2-3-11-15-12(17(28)13(18(29)30)9-27(10)15)8-14(21)16(11)25-4-6-26(7-5-25)19(31)20(22,23)24/h8-10H,2-7H2,1H3,(H,29,30). The van der Waals surface area contributed by atoms with Gasteiger partial charge in [-0.1, -0.05) is 0 Å². The van der Waals surface area contributed by atoms with Crippen molar-refractivity contribution in [2.75, 3.05) is 31.1 Å². The Morgan fingerprint density at radius 3 is 2.39 bits per heavy atom. The smallest absolute Gasteiger partial charge is 0.471 e. The molecule has 0 bridgehead atoms. The van der Waals surface area contributed by atoms with Crippen molar-refractivity contribution in [3.8, 4) is 0 Å². The summed E-state index contributed by atoms with van der Waals surface area (Å²) in [4.78, 5) is 37.9. The highest BCUT2D eigenvalue weighted by molar-refractivity contribution is 5.95. The molecule has 3 heterocycles. The van der Waals surface area contributed by atoms with Gasteiger partial charge in [0.25, 0.3) is 0 Å². The van der Waals surface area contributed by atoms with Crippen LogP contribution in [-0.2, 0) is 11.2 Å². The Bertz CT molecular complexity index is 1150. The highest BCUT2D eigenvalue weighted by Gasteiger charge is 2.43. The lowest BCUT2D eigenvalue weighted by Gasteiger charge is -2.38. The van der Waals surface area contributed by atoms with E-state index in [-0.39, 0.29) is 43.3 Å². The third-order valence-electron chi connectivity index (χ3n) is 5.98. The average Bonchev–Trinajstić information content (AvgIpc) is 2.70. The number of aryl methyl sites for hydroxylation is 1. The summed E-state index contributed by atoms with van der Waals surface area (Å²) >= 11 is 0. The normalized spacial score (nSPS) is 19.1. The van der Waals surface area contributed by atoms with Crippen molar-refractivity contribution in [2.24, 2.45) is 0 Å². The maximum atomic E-state index is 15.2. The molecule has 31 heavy (non-hydrogen) atoms. The number of pyridine rings is 1. The lowest BCUT2D eigenvalue weighted by molar-refractivity contribution is -0.185. The van der Waals surface area contributed by atoms with Crippen molar-refractivity contribution >= 4 is 28.5 Å². The fourth-order valence-electron chi connectivity index (χ4n) is 4.44. The summed E-state index contributed by atoms with van der Waals surface area (Å²) in [6, 6.07) is 0.887. The van der Waals surface area contributed by atoms with Crippen LogP contribution in [0.2, 0.25) is 0 Å². The SMILES string of the molecule is CC1CCc2c(N3CCN(C(=O)C(F)(F)F)CC3)c(F)cc3c(=O)c(C(=O)O)cn1c23.